The fourth-order valence-corrected chi connectivity index (χ4v) is 2.63. The van der Waals surface area contributed by atoms with Gasteiger partial charge in [0.15, 0.2) is 0 Å². The van der Waals surface area contributed by atoms with Crippen molar-refractivity contribution in [3.05, 3.63) is 29.3 Å². The van der Waals surface area contributed by atoms with E-state index in [0.717, 1.165) is 5.75 Å². The average Bonchev–Trinajstić information content (AvgIpc) is 2.40. The predicted octanol–water partition coefficient (Wildman–Crippen LogP) is 3.28. The fraction of sp³-hybridized carbons (Fsp3) is 0.500. The zero-order valence-corrected chi connectivity index (χ0v) is 13.1. The Hall–Kier alpha value is -1.55. The number of amides is 2. The number of halogens is 1. The molecule has 0 unspecified atom stereocenters. The normalized spacial score (nSPS) is 18.0. The highest BCUT2D eigenvalue weighted by Gasteiger charge is 2.33. The van der Waals surface area contributed by atoms with E-state index in [1.165, 1.54) is 4.90 Å². The number of ether oxygens (including phenoxy) is 1. The SMILES string of the molecule is CC1CC(=O)N([C@@H](C)CCOc2ccc(Cl)cc2)C(=O)C1. The summed E-state index contributed by atoms with van der Waals surface area (Å²) in [5, 5.41) is 0.661. The molecule has 0 aromatic heterocycles. The quantitative estimate of drug-likeness (QED) is 0.784. The smallest absolute Gasteiger partial charge is 0.229 e. The number of rotatable bonds is 5. The Morgan fingerprint density at radius 2 is 1.81 bits per heavy atom. The predicted molar refractivity (Wildman–Crippen MR) is 81.3 cm³/mol. The van der Waals surface area contributed by atoms with Crippen LogP contribution in [0.15, 0.2) is 24.3 Å². The van der Waals surface area contributed by atoms with Crippen molar-refractivity contribution in [2.24, 2.45) is 5.92 Å². The molecular formula is C16H20ClNO3. The van der Waals surface area contributed by atoms with E-state index in [1.807, 2.05) is 13.8 Å². The fourth-order valence-electron chi connectivity index (χ4n) is 2.50. The van der Waals surface area contributed by atoms with Crippen LogP contribution in [0, 0.1) is 5.92 Å². The molecule has 0 spiro atoms. The molecular weight excluding hydrogens is 290 g/mol. The lowest BCUT2D eigenvalue weighted by atomic mass is 9.96. The summed E-state index contributed by atoms with van der Waals surface area (Å²) in [6, 6.07) is 6.99. The van der Waals surface area contributed by atoms with Crippen LogP contribution in [0.4, 0.5) is 0 Å². The molecule has 1 heterocycles. The molecule has 5 heteroatoms. The second kappa shape index (κ2) is 6.94. The summed E-state index contributed by atoms with van der Waals surface area (Å²) in [4.78, 5) is 25.3. The van der Waals surface area contributed by atoms with Crippen molar-refractivity contribution in [3.8, 4) is 5.75 Å². The number of carbonyl (C=O) groups is 2. The van der Waals surface area contributed by atoms with Gasteiger partial charge in [0.1, 0.15) is 5.75 Å². The molecule has 4 nitrogen and oxygen atoms in total. The van der Waals surface area contributed by atoms with Gasteiger partial charge >= 0.3 is 0 Å². The van der Waals surface area contributed by atoms with E-state index in [-0.39, 0.29) is 23.8 Å². The van der Waals surface area contributed by atoms with Crippen molar-refractivity contribution in [3.63, 3.8) is 0 Å². The van der Waals surface area contributed by atoms with E-state index in [1.54, 1.807) is 24.3 Å². The van der Waals surface area contributed by atoms with E-state index in [0.29, 0.717) is 30.9 Å². The molecule has 1 fully saturated rings. The Morgan fingerprint density at radius 3 is 2.38 bits per heavy atom. The Kier molecular flexibility index (Phi) is 5.23. The molecule has 114 valence electrons. The van der Waals surface area contributed by atoms with E-state index < -0.39 is 0 Å². The lowest BCUT2D eigenvalue weighted by Gasteiger charge is -2.33. The van der Waals surface area contributed by atoms with Gasteiger partial charge in [0.05, 0.1) is 6.61 Å². The molecule has 2 amide bonds. The first-order chi connectivity index (χ1) is 9.97. The minimum absolute atomic E-state index is 0.0715. The van der Waals surface area contributed by atoms with Crippen LogP contribution in [0.3, 0.4) is 0 Å². The number of carbonyl (C=O) groups excluding carboxylic acids is 2. The van der Waals surface area contributed by atoms with Crippen molar-refractivity contribution in [2.75, 3.05) is 6.61 Å². The first-order valence-corrected chi connectivity index (χ1v) is 7.58. The van der Waals surface area contributed by atoms with Crippen LogP contribution in [0.1, 0.15) is 33.1 Å². The molecule has 1 aromatic carbocycles. The highest BCUT2D eigenvalue weighted by molar-refractivity contribution is 6.30. The number of hydrogen-bond donors (Lipinski definition) is 0. The Balaban J connectivity index is 1.84. The zero-order valence-electron chi connectivity index (χ0n) is 12.3. The van der Waals surface area contributed by atoms with Gasteiger partial charge in [0.25, 0.3) is 0 Å². The van der Waals surface area contributed by atoms with Gasteiger partial charge in [-0.05, 0) is 37.1 Å². The molecule has 1 saturated heterocycles. The molecule has 2 rings (SSSR count). The van der Waals surface area contributed by atoms with Crippen LogP contribution < -0.4 is 4.74 Å². The molecule has 1 aromatic rings. The van der Waals surface area contributed by atoms with Crippen LogP contribution in [0.25, 0.3) is 0 Å². The third kappa shape index (κ3) is 4.21. The molecule has 1 aliphatic rings. The largest absolute Gasteiger partial charge is 0.494 e. The van der Waals surface area contributed by atoms with Crippen molar-refractivity contribution in [2.45, 2.75) is 39.2 Å². The number of imide groups is 1. The maximum Gasteiger partial charge on any atom is 0.229 e. The molecule has 21 heavy (non-hydrogen) atoms. The van der Waals surface area contributed by atoms with Crippen molar-refractivity contribution < 1.29 is 14.3 Å². The van der Waals surface area contributed by atoms with Gasteiger partial charge in [-0.25, -0.2) is 0 Å². The van der Waals surface area contributed by atoms with Crippen LogP contribution in [-0.2, 0) is 9.59 Å². The molecule has 1 aliphatic heterocycles. The summed E-state index contributed by atoms with van der Waals surface area (Å²) in [5.74, 6) is 0.741. The zero-order chi connectivity index (χ0) is 15.4. The first kappa shape index (κ1) is 15.8. The lowest BCUT2D eigenvalue weighted by molar-refractivity contribution is -0.152. The van der Waals surface area contributed by atoms with E-state index >= 15 is 0 Å². The summed E-state index contributed by atoms with van der Waals surface area (Å²) >= 11 is 5.80. The third-order valence-corrected chi connectivity index (χ3v) is 3.89. The van der Waals surface area contributed by atoms with Gasteiger partial charge in [0.2, 0.25) is 11.8 Å². The van der Waals surface area contributed by atoms with Crippen molar-refractivity contribution in [1.29, 1.82) is 0 Å². The summed E-state index contributed by atoms with van der Waals surface area (Å²) in [7, 11) is 0. The molecule has 0 bridgehead atoms. The van der Waals surface area contributed by atoms with E-state index in [2.05, 4.69) is 0 Å². The average molecular weight is 310 g/mol. The highest BCUT2D eigenvalue weighted by Crippen LogP contribution is 2.22. The van der Waals surface area contributed by atoms with Crippen LogP contribution in [-0.4, -0.2) is 29.4 Å². The van der Waals surface area contributed by atoms with Crippen molar-refractivity contribution in [1.82, 2.24) is 4.90 Å². The molecule has 0 saturated carbocycles. The molecule has 0 N–H and O–H groups in total. The highest BCUT2D eigenvalue weighted by atomic mass is 35.5. The van der Waals surface area contributed by atoms with Crippen LogP contribution in [0.2, 0.25) is 5.02 Å². The maximum atomic E-state index is 12.0. The topological polar surface area (TPSA) is 46.6 Å². The number of nitrogens with zero attached hydrogens (tertiary/aromatic N) is 1. The van der Waals surface area contributed by atoms with E-state index in [9.17, 15) is 9.59 Å². The van der Waals surface area contributed by atoms with Crippen molar-refractivity contribution >= 4 is 23.4 Å². The van der Waals surface area contributed by atoms with Crippen LogP contribution >= 0.6 is 11.6 Å². The lowest BCUT2D eigenvalue weighted by Crippen LogP contribution is -2.48. The maximum absolute atomic E-state index is 12.0. The van der Waals surface area contributed by atoms with Crippen LogP contribution in [0.5, 0.6) is 5.75 Å². The minimum Gasteiger partial charge on any atom is -0.494 e. The molecule has 1 atom stereocenters. The first-order valence-electron chi connectivity index (χ1n) is 7.20. The number of hydrogen-bond acceptors (Lipinski definition) is 3. The van der Waals surface area contributed by atoms with Gasteiger partial charge in [-0.3, -0.25) is 14.5 Å². The van der Waals surface area contributed by atoms with Gasteiger partial charge in [-0.2, -0.15) is 0 Å². The second-order valence-electron chi connectivity index (χ2n) is 5.61. The summed E-state index contributed by atoms with van der Waals surface area (Å²) in [6.45, 7) is 4.27. The number of likely N-dealkylation sites (tertiary alicyclic amines) is 1. The minimum atomic E-state index is -0.134. The van der Waals surface area contributed by atoms with Gasteiger partial charge in [-0.1, -0.05) is 18.5 Å². The summed E-state index contributed by atoms with van der Waals surface area (Å²) < 4.78 is 5.61. The summed E-state index contributed by atoms with van der Waals surface area (Å²) in [5.41, 5.74) is 0. The second-order valence-corrected chi connectivity index (χ2v) is 6.05. The van der Waals surface area contributed by atoms with Gasteiger partial charge in [-0.15, -0.1) is 0 Å². The number of benzene rings is 1. The Bertz CT molecular complexity index is 497. The Morgan fingerprint density at radius 1 is 1.24 bits per heavy atom. The standard InChI is InChI=1S/C16H20ClNO3/c1-11-9-15(19)18(16(20)10-11)12(2)7-8-21-14-5-3-13(17)4-6-14/h3-6,11-12H,7-10H2,1-2H3/t12-/m0/s1. The van der Waals surface area contributed by atoms with E-state index in [4.69, 9.17) is 16.3 Å². The summed E-state index contributed by atoms with van der Waals surface area (Å²) in [6.07, 6.45) is 1.52. The van der Waals surface area contributed by atoms with Gasteiger partial charge in [0, 0.05) is 30.3 Å². The van der Waals surface area contributed by atoms with Gasteiger partial charge < -0.3 is 4.74 Å². The number of piperidine rings is 1. The molecule has 0 aliphatic carbocycles. The monoisotopic (exact) mass is 309 g/mol. The third-order valence-electron chi connectivity index (χ3n) is 3.64. The Labute approximate surface area is 130 Å². The molecule has 0 radical (unpaired) electrons.